The quantitative estimate of drug-likeness (QED) is 0.766. The Bertz CT molecular complexity index is 290. The summed E-state index contributed by atoms with van der Waals surface area (Å²) < 4.78 is 0. The van der Waals surface area contributed by atoms with E-state index < -0.39 is 5.41 Å². The van der Waals surface area contributed by atoms with Gasteiger partial charge in [0, 0.05) is 12.6 Å². The van der Waals surface area contributed by atoms with Gasteiger partial charge in [0.05, 0.1) is 6.07 Å². The molecule has 1 aliphatic carbocycles. The van der Waals surface area contributed by atoms with Crippen LogP contribution in [0.5, 0.6) is 0 Å². The highest BCUT2D eigenvalue weighted by molar-refractivity contribution is 5.85. The summed E-state index contributed by atoms with van der Waals surface area (Å²) in [4.78, 5) is 12.2. The van der Waals surface area contributed by atoms with E-state index in [-0.39, 0.29) is 18.6 Å². The second-order valence-electron chi connectivity index (χ2n) is 4.85. The topological polar surface area (TPSA) is 73.1 Å². The van der Waals surface area contributed by atoms with Gasteiger partial charge in [-0.3, -0.25) is 4.79 Å². The lowest BCUT2D eigenvalue weighted by molar-refractivity contribution is -0.130. The molecule has 0 unspecified atom stereocenters. The number of rotatable bonds is 5. The van der Waals surface area contributed by atoms with Gasteiger partial charge in [-0.2, -0.15) is 5.26 Å². The number of nitriles is 1. The van der Waals surface area contributed by atoms with Gasteiger partial charge in [0.25, 0.3) is 0 Å². The standard InChI is InChI=1S/C13H22N2O2/c1-2-11(6-9-16)15-12(17)13(10-14)7-4-3-5-8-13/h11,16H,2-9H2,1H3,(H,15,17)/t11-/m1/s1. The zero-order valence-electron chi connectivity index (χ0n) is 10.5. The van der Waals surface area contributed by atoms with Crippen LogP contribution in [-0.4, -0.2) is 23.7 Å². The highest BCUT2D eigenvalue weighted by Crippen LogP contribution is 2.36. The van der Waals surface area contributed by atoms with Crippen LogP contribution in [0.4, 0.5) is 0 Å². The molecule has 1 aliphatic rings. The van der Waals surface area contributed by atoms with Crippen LogP contribution in [0, 0.1) is 16.7 Å². The molecule has 2 N–H and O–H groups in total. The van der Waals surface area contributed by atoms with Crippen molar-refractivity contribution in [1.29, 1.82) is 5.26 Å². The minimum absolute atomic E-state index is 0.0142. The third kappa shape index (κ3) is 3.44. The van der Waals surface area contributed by atoms with Crippen molar-refractivity contribution in [3.8, 4) is 6.07 Å². The van der Waals surface area contributed by atoms with Gasteiger partial charge in [-0.05, 0) is 25.7 Å². The highest BCUT2D eigenvalue weighted by Gasteiger charge is 2.40. The molecule has 1 amide bonds. The Morgan fingerprint density at radius 3 is 2.59 bits per heavy atom. The van der Waals surface area contributed by atoms with Crippen LogP contribution >= 0.6 is 0 Å². The van der Waals surface area contributed by atoms with Crippen LogP contribution in [0.3, 0.4) is 0 Å². The van der Waals surface area contributed by atoms with E-state index in [0.717, 1.165) is 25.7 Å². The zero-order valence-corrected chi connectivity index (χ0v) is 10.5. The van der Waals surface area contributed by atoms with Gasteiger partial charge in [-0.25, -0.2) is 0 Å². The first-order chi connectivity index (χ1) is 8.18. The summed E-state index contributed by atoms with van der Waals surface area (Å²) in [5.41, 5.74) is -0.818. The van der Waals surface area contributed by atoms with E-state index >= 15 is 0 Å². The number of nitrogens with zero attached hydrogens (tertiary/aromatic N) is 1. The molecule has 0 saturated heterocycles. The lowest BCUT2D eigenvalue weighted by Crippen LogP contribution is -2.46. The van der Waals surface area contributed by atoms with E-state index in [9.17, 15) is 10.1 Å². The smallest absolute Gasteiger partial charge is 0.240 e. The van der Waals surface area contributed by atoms with Gasteiger partial charge in [-0.1, -0.05) is 26.2 Å². The van der Waals surface area contributed by atoms with Crippen LogP contribution in [0.1, 0.15) is 51.9 Å². The molecule has 4 nitrogen and oxygen atoms in total. The number of carbonyl (C=O) groups excluding carboxylic acids is 1. The van der Waals surface area contributed by atoms with Crippen molar-refractivity contribution in [1.82, 2.24) is 5.32 Å². The summed E-state index contributed by atoms with van der Waals surface area (Å²) in [5, 5.41) is 21.1. The van der Waals surface area contributed by atoms with Crippen molar-refractivity contribution < 1.29 is 9.90 Å². The van der Waals surface area contributed by atoms with Crippen molar-refractivity contribution in [2.75, 3.05) is 6.61 Å². The molecule has 4 heteroatoms. The summed E-state index contributed by atoms with van der Waals surface area (Å²) >= 11 is 0. The predicted molar refractivity (Wildman–Crippen MR) is 65.1 cm³/mol. The average molecular weight is 238 g/mol. The molecule has 0 bridgehead atoms. The number of carbonyl (C=O) groups is 1. The van der Waals surface area contributed by atoms with Crippen LogP contribution < -0.4 is 5.32 Å². The van der Waals surface area contributed by atoms with Crippen molar-refractivity contribution in [2.45, 2.75) is 57.9 Å². The normalized spacial score (nSPS) is 20.3. The molecule has 0 aromatic carbocycles. The molecule has 0 aromatic rings. The Kier molecular flexibility index (Phi) is 5.43. The maximum atomic E-state index is 12.2. The molecule has 1 fully saturated rings. The maximum Gasteiger partial charge on any atom is 0.240 e. The fourth-order valence-corrected chi connectivity index (χ4v) is 2.40. The van der Waals surface area contributed by atoms with Crippen molar-refractivity contribution in [3.05, 3.63) is 0 Å². The maximum absolute atomic E-state index is 12.2. The lowest BCUT2D eigenvalue weighted by Gasteiger charge is -2.31. The van der Waals surface area contributed by atoms with E-state index in [1.165, 1.54) is 0 Å². The van der Waals surface area contributed by atoms with E-state index in [0.29, 0.717) is 19.3 Å². The number of hydrogen-bond donors (Lipinski definition) is 2. The molecule has 0 spiro atoms. The van der Waals surface area contributed by atoms with Gasteiger partial charge >= 0.3 is 0 Å². The minimum Gasteiger partial charge on any atom is -0.396 e. The lowest BCUT2D eigenvalue weighted by atomic mass is 9.74. The summed E-state index contributed by atoms with van der Waals surface area (Å²) in [5.74, 6) is -0.139. The van der Waals surface area contributed by atoms with E-state index in [1.54, 1.807) is 0 Å². The monoisotopic (exact) mass is 238 g/mol. The largest absolute Gasteiger partial charge is 0.396 e. The third-order valence-corrected chi connectivity index (χ3v) is 3.66. The summed E-state index contributed by atoms with van der Waals surface area (Å²) in [6.07, 6.45) is 5.72. The van der Waals surface area contributed by atoms with E-state index in [4.69, 9.17) is 5.11 Å². The molecule has 1 saturated carbocycles. The summed E-state index contributed by atoms with van der Waals surface area (Å²) in [6, 6.07) is 2.20. The fraction of sp³-hybridized carbons (Fsp3) is 0.846. The number of hydrogen-bond acceptors (Lipinski definition) is 3. The van der Waals surface area contributed by atoms with Crippen molar-refractivity contribution in [2.24, 2.45) is 5.41 Å². The minimum atomic E-state index is -0.818. The number of amides is 1. The zero-order chi connectivity index (χ0) is 12.7. The van der Waals surface area contributed by atoms with Crippen molar-refractivity contribution >= 4 is 5.91 Å². The van der Waals surface area contributed by atoms with Gasteiger partial charge in [0.1, 0.15) is 5.41 Å². The van der Waals surface area contributed by atoms with Crippen LogP contribution in [-0.2, 0) is 4.79 Å². The molecule has 1 atom stereocenters. The predicted octanol–water partition coefficient (Wildman–Crippen LogP) is 1.74. The third-order valence-electron chi connectivity index (χ3n) is 3.66. The molecular formula is C13H22N2O2. The Hall–Kier alpha value is -1.08. The summed E-state index contributed by atoms with van der Waals surface area (Å²) in [7, 11) is 0. The Morgan fingerprint density at radius 2 is 2.12 bits per heavy atom. The van der Waals surface area contributed by atoms with Crippen LogP contribution in [0.15, 0.2) is 0 Å². The van der Waals surface area contributed by atoms with Crippen molar-refractivity contribution in [3.63, 3.8) is 0 Å². The molecule has 0 heterocycles. The van der Waals surface area contributed by atoms with Gasteiger partial charge in [0.2, 0.25) is 5.91 Å². The fourth-order valence-electron chi connectivity index (χ4n) is 2.40. The van der Waals surface area contributed by atoms with Crippen LogP contribution in [0.25, 0.3) is 0 Å². The summed E-state index contributed by atoms with van der Waals surface area (Å²) in [6.45, 7) is 2.04. The Balaban J connectivity index is 2.63. The van der Waals surface area contributed by atoms with Crippen LogP contribution in [0.2, 0.25) is 0 Å². The first-order valence-corrected chi connectivity index (χ1v) is 6.51. The van der Waals surface area contributed by atoms with Gasteiger partial charge in [0.15, 0.2) is 0 Å². The molecule has 1 rings (SSSR count). The Labute approximate surface area is 103 Å². The van der Waals surface area contributed by atoms with E-state index in [1.807, 2.05) is 6.92 Å². The molecule has 0 aromatic heterocycles. The SMILES string of the molecule is CC[C@H](CCO)NC(=O)C1(C#N)CCCCC1. The molecule has 0 radical (unpaired) electrons. The van der Waals surface area contributed by atoms with E-state index in [2.05, 4.69) is 11.4 Å². The molecule has 17 heavy (non-hydrogen) atoms. The molecular weight excluding hydrogens is 216 g/mol. The average Bonchev–Trinajstić information content (AvgIpc) is 2.38. The number of aliphatic hydroxyl groups excluding tert-OH is 1. The first kappa shape index (κ1) is 14.0. The molecule has 96 valence electrons. The first-order valence-electron chi connectivity index (χ1n) is 6.51. The highest BCUT2D eigenvalue weighted by atomic mass is 16.3. The second-order valence-corrected chi connectivity index (χ2v) is 4.85. The number of nitrogens with one attached hydrogen (secondary N) is 1. The van der Waals surface area contributed by atoms with Gasteiger partial charge < -0.3 is 10.4 Å². The van der Waals surface area contributed by atoms with Gasteiger partial charge in [-0.15, -0.1) is 0 Å². The Morgan fingerprint density at radius 1 is 1.47 bits per heavy atom. The second kappa shape index (κ2) is 6.61. The number of aliphatic hydroxyl groups is 1. The molecule has 0 aliphatic heterocycles.